The standard InChI is InChI=1S/C16H24N2O/c1-12-7-8-15(10-13(12)2)17-16(19)11-18-9-5-4-6-14(18)3/h7-8,10,14H,4-6,9,11H2,1-3H3,(H,17,19)/p+1/t14-/m1/s1. The molecule has 1 aromatic carbocycles. The Morgan fingerprint density at radius 1 is 1.32 bits per heavy atom. The molecule has 1 aliphatic heterocycles. The predicted molar refractivity (Wildman–Crippen MR) is 78.6 cm³/mol. The second-order valence-corrected chi connectivity index (χ2v) is 5.83. The summed E-state index contributed by atoms with van der Waals surface area (Å²) < 4.78 is 0. The van der Waals surface area contributed by atoms with E-state index < -0.39 is 0 Å². The first-order valence-electron chi connectivity index (χ1n) is 7.28. The zero-order valence-electron chi connectivity index (χ0n) is 12.3. The highest BCUT2D eigenvalue weighted by atomic mass is 16.2. The zero-order chi connectivity index (χ0) is 13.8. The average Bonchev–Trinajstić information content (AvgIpc) is 2.37. The Kier molecular flexibility index (Phi) is 4.59. The summed E-state index contributed by atoms with van der Waals surface area (Å²) in [5.41, 5.74) is 3.39. The molecular formula is C16H25N2O+. The number of hydrogen-bond acceptors (Lipinski definition) is 1. The van der Waals surface area contributed by atoms with E-state index in [1.165, 1.54) is 35.3 Å². The van der Waals surface area contributed by atoms with Gasteiger partial charge in [0.05, 0.1) is 12.6 Å². The van der Waals surface area contributed by atoms with Gasteiger partial charge in [-0.15, -0.1) is 0 Å². The van der Waals surface area contributed by atoms with Crippen molar-refractivity contribution in [3.05, 3.63) is 29.3 Å². The minimum Gasteiger partial charge on any atom is -0.325 e. The third-order valence-corrected chi connectivity index (χ3v) is 4.26. The van der Waals surface area contributed by atoms with Gasteiger partial charge in [-0.05, 0) is 63.3 Å². The van der Waals surface area contributed by atoms with Gasteiger partial charge in [-0.3, -0.25) is 4.79 Å². The molecule has 0 spiro atoms. The number of aryl methyl sites for hydroxylation is 2. The maximum atomic E-state index is 12.1. The number of nitrogens with one attached hydrogen (secondary N) is 2. The first-order valence-corrected chi connectivity index (χ1v) is 7.28. The molecule has 2 rings (SSSR count). The van der Waals surface area contributed by atoms with Crippen LogP contribution in [0.5, 0.6) is 0 Å². The Hall–Kier alpha value is -1.35. The highest BCUT2D eigenvalue weighted by Gasteiger charge is 2.24. The maximum Gasteiger partial charge on any atom is 0.279 e. The van der Waals surface area contributed by atoms with Crippen LogP contribution in [0.3, 0.4) is 0 Å². The molecule has 1 aromatic rings. The zero-order valence-corrected chi connectivity index (χ0v) is 12.3. The van der Waals surface area contributed by atoms with Gasteiger partial charge >= 0.3 is 0 Å². The fraction of sp³-hybridized carbons (Fsp3) is 0.562. The Morgan fingerprint density at radius 3 is 2.79 bits per heavy atom. The van der Waals surface area contributed by atoms with Crippen molar-refractivity contribution in [1.82, 2.24) is 0 Å². The Labute approximate surface area is 116 Å². The topological polar surface area (TPSA) is 33.5 Å². The molecular weight excluding hydrogens is 236 g/mol. The first kappa shape index (κ1) is 14.1. The smallest absolute Gasteiger partial charge is 0.279 e. The van der Waals surface area contributed by atoms with Crippen LogP contribution in [0.1, 0.15) is 37.3 Å². The van der Waals surface area contributed by atoms with Crippen LogP contribution in [-0.2, 0) is 4.79 Å². The normalized spacial score (nSPS) is 23.1. The Balaban J connectivity index is 1.91. The molecule has 0 radical (unpaired) electrons. The van der Waals surface area contributed by atoms with Gasteiger partial charge in [0.1, 0.15) is 0 Å². The molecule has 0 aromatic heterocycles. The molecule has 3 heteroatoms. The minimum absolute atomic E-state index is 0.131. The quantitative estimate of drug-likeness (QED) is 0.853. The van der Waals surface area contributed by atoms with Gasteiger partial charge < -0.3 is 10.2 Å². The predicted octanol–water partition coefficient (Wildman–Crippen LogP) is 1.70. The highest BCUT2D eigenvalue weighted by Crippen LogP contribution is 2.13. The number of hydrogen-bond donors (Lipinski definition) is 2. The molecule has 3 nitrogen and oxygen atoms in total. The number of carbonyl (C=O) groups is 1. The van der Waals surface area contributed by atoms with Gasteiger partial charge in [0.2, 0.25) is 0 Å². The van der Waals surface area contributed by atoms with E-state index in [2.05, 4.69) is 32.2 Å². The number of likely N-dealkylation sites (tertiary alicyclic amines) is 1. The summed E-state index contributed by atoms with van der Waals surface area (Å²) >= 11 is 0. The van der Waals surface area contributed by atoms with Crippen molar-refractivity contribution in [2.45, 2.75) is 46.1 Å². The molecule has 1 aliphatic rings. The van der Waals surface area contributed by atoms with Gasteiger partial charge in [0, 0.05) is 5.69 Å². The van der Waals surface area contributed by atoms with Crippen molar-refractivity contribution in [2.75, 3.05) is 18.4 Å². The van der Waals surface area contributed by atoms with Crippen LogP contribution >= 0.6 is 0 Å². The summed E-state index contributed by atoms with van der Waals surface area (Å²) in [6.07, 6.45) is 3.80. The lowest BCUT2D eigenvalue weighted by molar-refractivity contribution is -0.920. The summed E-state index contributed by atoms with van der Waals surface area (Å²) in [7, 11) is 0. The van der Waals surface area contributed by atoms with Crippen molar-refractivity contribution in [3.63, 3.8) is 0 Å². The molecule has 104 valence electrons. The van der Waals surface area contributed by atoms with Crippen LogP contribution in [0.25, 0.3) is 0 Å². The molecule has 1 fully saturated rings. The van der Waals surface area contributed by atoms with E-state index in [0.717, 1.165) is 12.2 Å². The number of benzene rings is 1. The second-order valence-electron chi connectivity index (χ2n) is 5.83. The maximum absolute atomic E-state index is 12.1. The summed E-state index contributed by atoms with van der Waals surface area (Å²) in [6.45, 7) is 8.12. The molecule has 2 N–H and O–H groups in total. The third kappa shape index (κ3) is 3.80. The van der Waals surface area contributed by atoms with Crippen molar-refractivity contribution in [1.29, 1.82) is 0 Å². The lowest BCUT2D eigenvalue weighted by Crippen LogP contribution is -3.17. The lowest BCUT2D eigenvalue weighted by Gasteiger charge is -2.29. The number of anilines is 1. The van der Waals surface area contributed by atoms with Crippen LogP contribution in [0.2, 0.25) is 0 Å². The van der Waals surface area contributed by atoms with Gasteiger partial charge in [-0.1, -0.05) is 6.07 Å². The number of quaternary nitrogens is 1. The molecule has 0 saturated carbocycles. The van der Waals surface area contributed by atoms with Gasteiger partial charge in [0.15, 0.2) is 6.54 Å². The van der Waals surface area contributed by atoms with Crippen molar-refractivity contribution in [2.24, 2.45) is 0 Å². The minimum atomic E-state index is 0.131. The number of carbonyl (C=O) groups excluding carboxylic acids is 1. The van der Waals surface area contributed by atoms with E-state index in [1.807, 2.05) is 12.1 Å². The summed E-state index contributed by atoms with van der Waals surface area (Å²) in [5.74, 6) is 0.131. The Bertz CT molecular complexity index is 456. The van der Waals surface area contributed by atoms with Crippen LogP contribution in [-0.4, -0.2) is 25.0 Å². The van der Waals surface area contributed by atoms with E-state index in [-0.39, 0.29) is 5.91 Å². The van der Waals surface area contributed by atoms with Gasteiger partial charge in [0.25, 0.3) is 5.91 Å². The van der Waals surface area contributed by atoms with Crippen molar-refractivity contribution < 1.29 is 9.69 Å². The van der Waals surface area contributed by atoms with E-state index in [4.69, 9.17) is 0 Å². The molecule has 0 aliphatic carbocycles. The number of piperidine rings is 1. The largest absolute Gasteiger partial charge is 0.325 e. The monoisotopic (exact) mass is 261 g/mol. The molecule has 1 saturated heterocycles. The molecule has 1 unspecified atom stereocenters. The first-order chi connectivity index (χ1) is 9.06. The fourth-order valence-corrected chi connectivity index (χ4v) is 2.75. The highest BCUT2D eigenvalue weighted by molar-refractivity contribution is 5.91. The molecule has 1 amide bonds. The summed E-state index contributed by atoms with van der Waals surface area (Å²) in [6, 6.07) is 6.69. The van der Waals surface area contributed by atoms with E-state index in [1.54, 1.807) is 0 Å². The SMILES string of the molecule is Cc1ccc(NC(=O)C[NH+]2CCCC[C@H]2C)cc1C. The fourth-order valence-electron chi connectivity index (χ4n) is 2.75. The summed E-state index contributed by atoms with van der Waals surface area (Å²) in [5, 5.41) is 3.02. The van der Waals surface area contributed by atoms with Crippen LogP contribution < -0.4 is 10.2 Å². The van der Waals surface area contributed by atoms with E-state index in [0.29, 0.717) is 12.6 Å². The molecule has 1 heterocycles. The molecule has 0 bridgehead atoms. The third-order valence-electron chi connectivity index (χ3n) is 4.26. The van der Waals surface area contributed by atoms with Crippen molar-refractivity contribution >= 4 is 11.6 Å². The van der Waals surface area contributed by atoms with E-state index in [9.17, 15) is 4.79 Å². The van der Waals surface area contributed by atoms with E-state index >= 15 is 0 Å². The second kappa shape index (κ2) is 6.20. The Morgan fingerprint density at radius 2 is 2.11 bits per heavy atom. The van der Waals surface area contributed by atoms with Gasteiger partial charge in [-0.2, -0.15) is 0 Å². The number of amides is 1. The van der Waals surface area contributed by atoms with Gasteiger partial charge in [-0.25, -0.2) is 0 Å². The number of rotatable bonds is 3. The molecule has 2 atom stereocenters. The molecule has 19 heavy (non-hydrogen) atoms. The lowest BCUT2D eigenvalue weighted by atomic mass is 10.0. The average molecular weight is 261 g/mol. The van der Waals surface area contributed by atoms with Crippen LogP contribution in [0.4, 0.5) is 5.69 Å². The van der Waals surface area contributed by atoms with Crippen LogP contribution in [0, 0.1) is 13.8 Å². The summed E-state index contributed by atoms with van der Waals surface area (Å²) in [4.78, 5) is 13.5. The van der Waals surface area contributed by atoms with Crippen LogP contribution in [0.15, 0.2) is 18.2 Å². The van der Waals surface area contributed by atoms with Crippen molar-refractivity contribution in [3.8, 4) is 0 Å².